The van der Waals surface area contributed by atoms with E-state index in [0.29, 0.717) is 22.8 Å². The molecule has 3 rings (SSSR count). The zero-order valence-electron chi connectivity index (χ0n) is 18.5. The molecule has 1 aliphatic carbocycles. The van der Waals surface area contributed by atoms with Gasteiger partial charge in [-0.3, -0.25) is 9.89 Å². The van der Waals surface area contributed by atoms with E-state index in [1.54, 1.807) is 26.6 Å². The maximum atomic E-state index is 12.5. The fraction of sp³-hybridized carbons (Fsp3) is 0.522. The van der Waals surface area contributed by atoms with Crippen molar-refractivity contribution in [2.45, 2.75) is 46.5 Å². The zero-order valence-corrected chi connectivity index (χ0v) is 18.5. The SMILES string of the molecule is COc1ccc(-c2[nH]ncc2C=NNC(=O)C2CCC(C(C)(C)C)CC2)cc1OC. The first kappa shape index (κ1) is 21.9. The lowest BCUT2D eigenvalue weighted by atomic mass is 9.70. The number of methoxy groups -OCH3 is 2. The van der Waals surface area contributed by atoms with Gasteiger partial charge in [0.25, 0.3) is 0 Å². The summed E-state index contributed by atoms with van der Waals surface area (Å²) in [5.41, 5.74) is 5.47. The predicted octanol–water partition coefficient (Wildman–Crippen LogP) is 4.40. The Bertz CT molecular complexity index is 890. The average Bonchev–Trinajstić information content (AvgIpc) is 3.21. The van der Waals surface area contributed by atoms with Crippen molar-refractivity contribution in [2.75, 3.05) is 14.2 Å². The van der Waals surface area contributed by atoms with Gasteiger partial charge in [0.05, 0.1) is 32.3 Å². The largest absolute Gasteiger partial charge is 0.493 e. The molecule has 1 amide bonds. The van der Waals surface area contributed by atoms with Gasteiger partial charge in [-0.2, -0.15) is 10.2 Å². The lowest BCUT2D eigenvalue weighted by Gasteiger charge is -2.36. The van der Waals surface area contributed by atoms with Crippen LogP contribution in [0.2, 0.25) is 0 Å². The van der Waals surface area contributed by atoms with Crippen LogP contribution in [0.15, 0.2) is 29.5 Å². The molecular weight excluding hydrogens is 380 g/mol. The van der Waals surface area contributed by atoms with Gasteiger partial charge in [-0.05, 0) is 55.2 Å². The number of hydrogen-bond donors (Lipinski definition) is 2. The van der Waals surface area contributed by atoms with Gasteiger partial charge in [0.2, 0.25) is 5.91 Å². The Labute approximate surface area is 178 Å². The van der Waals surface area contributed by atoms with Crippen molar-refractivity contribution in [1.82, 2.24) is 15.6 Å². The standard InChI is InChI=1S/C23H32N4O3/c1-23(2,3)18-9-6-15(7-10-18)22(28)27-25-14-17-13-24-26-21(17)16-8-11-19(29-4)20(12-16)30-5/h8,11-15,18H,6-7,9-10H2,1-5H3,(H,24,26)(H,27,28). The van der Waals surface area contributed by atoms with E-state index in [9.17, 15) is 4.79 Å². The summed E-state index contributed by atoms with van der Waals surface area (Å²) in [5.74, 6) is 2.00. The number of hydrazone groups is 1. The van der Waals surface area contributed by atoms with Crippen LogP contribution in [0.25, 0.3) is 11.3 Å². The second-order valence-corrected chi connectivity index (χ2v) is 8.92. The highest BCUT2D eigenvalue weighted by Crippen LogP contribution is 2.39. The van der Waals surface area contributed by atoms with Crippen LogP contribution >= 0.6 is 0 Å². The van der Waals surface area contributed by atoms with Crippen molar-refractivity contribution in [3.8, 4) is 22.8 Å². The van der Waals surface area contributed by atoms with Crippen molar-refractivity contribution in [3.05, 3.63) is 30.0 Å². The molecule has 7 heteroatoms. The lowest BCUT2D eigenvalue weighted by Crippen LogP contribution is -2.33. The summed E-state index contributed by atoms with van der Waals surface area (Å²) in [6.45, 7) is 6.84. The maximum absolute atomic E-state index is 12.5. The first-order chi connectivity index (χ1) is 14.3. The van der Waals surface area contributed by atoms with Crippen LogP contribution in [0.3, 0.4) is 0 Å². The van der Waals surface area contributed by atoms with Gasteiger partial charge in [-0.25, -0.2) is 5.43 Å². The molecule has 2 aromatic rings. The van der Waals surface area contributed by atoms with Crippen LogP contribution in [-0.2, 0) is 4.79 Å². The minimum Gasteiger partial charge on any atom is -0.493 e. The molecule has 0 radical (unpaired) electrons. The minimum absolute atomic E-state index is 0.00484. The highest BCUT2D eigenvalue weighted by Gasteiger charge is 2.32. The average molecular weight is 413 g/mol. The van der Waals surface area contributed by atoms with Crippen LogP contribution < -0.4 is 14.9 Å². The van der Waals surface area contributed by atoms with Crippen LogP contribution in [0.4, 0.5) is 0 Å². The monoisotopic (exact) mass is 412 g/mol. The van der Waals surface area contributed by atoms with Crippen molar-refractivity contribution in [3.63, 3.8) is 0 Å². The number of carbonyl (C=O) groups excluding carboxylic acids is 1. The number of aromatic amines is 1. The number of nitrogens with one attached hydrogen (secondary N) is 2. The summed E-state index contributed by atoms with van der Waals surface area (Å²) in [7, 11) is 3.20. The van der Waals surface area contributed by atoms with E-state index in [0.717, 1.165) is 42.5 Å². The number of rotatable bonds is 6. The Hall–Kier alpha value is -2.83. The summed E-state index contributed by atoms with van der Waals surface area (Å²) < 4.78 is 10.7. The van der Waals surface area contributed by atoms with E-state index >= 15 is 0 Å². The van der Waals surface area contributed by atoms with E-state index in [1.807, 2.05) is 18.2 Å². The number of aromatic nitrogens is 2. The molecule has 1 aliphatic rings. The Morgan fingerprint density at radius 1 is 1.17 bits per heavy atom. The number of carbonyl (C=O) groups is 1. The van der Waals surface area contributed by atoms with Gasteiger partial charge < -0.3 is 9.47 Å². The molecule has 0 unspecified atom stereocenters. The summed E-state index contributed by atoms with van der Waals surface area (Å²) in [6, 6.07) is 5.63. The fourth-order valence-corrected chi connectivity index (χ4v) is 4.09. The number of H-pyrrole nitrogens is 1. The molecule has 0 aliphatic heterocycles. The van der Waals surface area contributed by atoms with Crippen LogP contribution in [0, 0.1) is 17.3 Å². The molecule has 0 saturated heterocycles. The normalized spacial score (nSPS) is 19.6. The minimum atomic E-state index is -0.00484. The Balaban J connectivity index is 1.62. The van der Waals surface area contributed by atoms with E-state index in [1.165, 1.54) is 0 Å². The Kier molecular flexibility index (Phi) is 6.80. The van der Waals surface area contributed by atoms with Crippen molar-refractivity contribution >= 4 is 12.1 Å². The van der Waals surface area contributed by atoms with Gasteiger partial charge in [-0.1, -0.05) is 20.8 Å². The van der Waals surface area contributed by atoms with E-state index in [2.05, 4.69) is 41.5 Å². The van der Waals surface area contributed by atoms with E-state index in [-0.39, 0.29) is 11.8 Å². The zero-order chi connectivity index (χ0) is 21.7. The van der Waals surface area contributed by atoms with Gasteiger partial charge in [0.15, 0.2) is 11.5 Å². The van der Waals surface area contributed by atoms with Gasteiger partial charge in [0.1, 0.15) is 0 Å². The van der Waals surface area contributed by atoms with Crippen LogP contribution in [0.5, 0.6) is 11.5 Å². The molecule has 162 valence electrons. The molecule has 0 spiro atoms. The first-order valence-electron chi connectivity index (χ1n) is 10.4. The fourth-order valence-electron chi connectivity index (χ4n) is 4.09. The summed E-state index contributed by atoms with van der Waals surface area (Å²) in [5, 5.41) is 11.3. The maximum Gasteiger partial charge on any atom is 0.243 e. The first-order valence-corrected chi connectivity index (χ1v) is 10.4. The lowest BCUT2D eigenvalue weighted by molar-refractivity contribution is -0.126. The summed E-state index contributed by atoms with van der Waals surface area (Å²) >= 11 is 0. The molecule has 1 aromatic carbocycles. The molecule has 2 N–H and O–H groups in total. The number of ether oxygens (including phenoxy) is 2. The molecule has 1 aromatic heterocycles. The van der Waals surface area contributed by atoms with Crippen molar-refractivity contribution in [2.24, 2.45) is 22.4 Å². The van der Waals surface area contributed by atoms with Crippen LogP contribution in [-0.4, -0.2) is 36.5 Å². The van der Waals surface area contributed by atoms with Gasteiger partial charge in [0, 0.05) is 17.0 Å². The van der Waals surface area contributed by atoms with Gasteiger partial charge in [-0.15, -0.1) is 0 Å². The second kappa shape index (κ2) is 9.32. The number of hydrogen-bond acceptors (Lipinski definition) is 5. The highest BCUT2D eigenvalue weighted by atomic mass is 16.5. The van der Waals surface area contributed by atoms with E-state index in [4.69, 9.17) is 9.47 Å². The van der Waals surface area contributed by atoms with Crippen molar-refractivity contribution in [1.29, 1.82) is 0 Å². The summed E-state index contributed by atoms with van der Waals surface area (Å²) in [6.07, 6.45) is 7.33. The Morgan fingerprint density at radius 2 is 1.87 bits per heavy atom. The summed E-state index contributed by atoms with van der Waals surface area (Å²) in [4.78, 5) is 12.5. The second-order valence-electron chi connectivity index (χ2n) is 8.92. The third-order valence-electron chi connectivity index (χ3n) is 6.04. The third kappa shape index (κ3) is 5.01. The molecule has 30 heavy (non-hydrogen) atoms. The quantitative estimate of drug-likeness (QED) is 0.544. The topological polar surface area (TPSA) is 88.6 Å². The molecule has 0 atom stereocenters. The number of nitrogens with zero attached hydrogens (tertiary/aromatic N) is 2. The third-order valence-corrected chi connectivity index (χ3v) is 6.04. The molecule has 1 saturated carbocycles. The molecule has 1 fully saturated rings. The molecule has 7 nitrogen and oxygen atoms in total. The molecular formula is C23H32N4O3. The smallest absolute Gasteiger partial charge is 0.243 e. The number of amides is 1. The molecule has 0 bridgehead atoms. The van der Waals surface area contributed by atoms with Crippen LogP contribution in [0.1, 0.15) is 52.0 Å². The molecule has 1 heterocycles. The highest BCUT2D eigenvalue weighted by molar-refractivity contribution is 5.89. The van der Waals surface area contributed by atoms with E-state index < -0.39 is 0 Å². The number of benzene rings is 1. The predicted molar refractivity (Wildman–Crippen MR) is 118 cm³/mol. The van der Waals surface area contributed by atoms with Gasteiger partial charge >= 0.3 is 0 Å². The Morgan fingerprint density at radius 3 is 2.50 bits per heavy atom. The van der Waals surface area contributed by atoms with Crippen molar-refractivity contribution < 1.29 is 14.3 Å².